The van der Waals surface area contributed by atoms with E-state index in [4.69, 9.17) is 4.98 Å². The number of benzene rings is 1. The van der Waals surface area contributed by atoms with Gasteiger partial charge in [-0.05, 0) is 42.7 Å². The maximum absolute atomic E-state index is 4.69. The molecule has 17 heavy (non-hydrogen) atoms. The minimum absolute atomic E-state index is 0.974. The van der Waals surface area contributed by atoms with Gasteiger partial charge < -0.3 is 5.32 Å². The number of hydrogen-bond donors (Lipinski definition) is 1. The van der Waals surface area contributed by atoms with Crippen LogP contribution in [0.2, 0.25) is 0 Å². The van der Waals surface area contributed by atoms with Crippen LogP contribution in [0.3, 0.4) is 0 Å². The SMILES string of the molecule is CCCNc1nc2ccc(Br)cc2cc1CC. The van der Waals surface area contributed by atoms with E-state index in [9.17, 15) is 0 Å². The lowest BCUT2D eigenvalue weighted by Crippen LogP contribution is -2.05. The highest BCUT2D eigenvalue weighted by Crippen LogP contribution is 2.24. The van der Waals surface area contributed by atoms with E-state index in [1.165, 1.54) is 10.9 Å². The molecule has 0 radical (unpaired) electrons. The fraction of sp³-hybridized carbons (Fsp3) is 0.357. The van der Waals surface area contributed by atoms with Gasteiger partial charge in [-0.25, -0.2) is 4.98 Å². The van der Waals surface area contributed by atoms with Crippen LogP contribution in [0.15, 0.2) is 28.7 Å². The standard InChI is InChI=1S/C14H17BrN2/c1-3-7-16-14-10(4-2)8-11-9-12(15)5-6-13(11)17-14/h5-6,8-9H,3-4,7H2,1-2H3,(H,16,17). The summed E-state index contributed by atoms with van der Waals surface area (Å²) in [4.78, 5) is 4.69. The Morgan fingerprint density at radius 3 is 2.76 bits per heavy atom. The summed E-state index contributed by atoms with van der Waals surface area (Å²) in [7, 11) is 0. The lowest BCUT2D eigenvalue weighted by molar-refractivity contribution is 0.962. The third kappa shape index (κ3) is 2.78. The highest BCUT2D eigenvalue weighted by atomic mass is 79.9. The zero-order valence-corrected chi connectivity index (χ0v) is 11.8. The first-order chi connectivity index (χ1) is 8.24. The molecule has 0 aliphatic carbocycles. The lowest BCUT2D eigenvalue weighted by atomic mass is 10.1. The summed E-state index contributed by atoms with van der Waals surface area (Å²) in [6.45, 7) is 5.30. The summed E-state index contributed by atoms with van der Waals surface area (Å²) >= 11 is 3.50. The van der Waals surface area contributed by atoms with Crippen LogP contribution in [0, 0.1) is 0 Å². The van der Waals surface area contributed by atoms with E-state index in [0.29, 0.717) is 0 Å². The zero-order valence-electron chi connectivity index (χ0n) is 10.3. The van der Waals surface area contributed by atoms with Crippen LogP contribution in [0.5, 0.6) is 0 Å². The van der Waals surface area contributed by atoms with Crippen molar-refractivity contribution in [3.05, 3.63) is 34.3 Å². The molecule has 2 nitrogen and oxygen atoms in total. The second kappa shape index (κ2) is 5.50. The average Bonchev–Trinajstić information content (AvgIpc) is 2.35. The molecule has 0 amide bonds. The molecule has 1 heterocycles. The van der Waals surface area contributed by atoms with Gasteiger partial charge in [0.15, 0.2) is 0 Å². The van der Waals surface area contributed by atoms with Crippen LogP contribution in [0.25, 0.3) is 10.9 Å². The van der Waals surface area contributed by atoms with Crippen molar-refractivity contribution in [1.29, 1.82) is 0 Å². The highest BCUT2D eigenvalue weighted by Gasteiger charge is 2.05. The maximum atomic E-state index is 4.69. The van der Waals surface area contributed by atoms with Crippen molar-refractivity contribution in [1.82, 2.24) is 4.98 Å². The van der Waals surface area contributed by atoms with Gasteiger partial charge in [-0.1, -0.05) is 29.8 Å². The van der Waals surface area contributed by atoms with Crippen molar-refractivity contribution in [3.8, 4) is 0 Å². The van der Waals surface area contributed by atoms with Gasteiger partial charge in [0, 0.05) is 16.4 Å². The quantitative estimate of drug-likeness (QED) is 0.904. The lowest BCUT2D eigenvalue weighted by Gasteiger charge is -2.11. The van der Waals surface area contributed by atoms with E-state index in [1.54, 1.807) is 0 Å². The summed E-state index contributed by atoms with van der Waals surface area (Å²) in [5.74, 6) is 1.03. The van der Waals surface area contributed by atoms with Gasteiger partial charge in [0.2, 0.25) is 0 Å². The average molecular weight is 293 g/mol. The monoisotopic (exact) mass is 292 g/mol. The highest BCUT2D eigenvalue weighted by molar-refractivity contribution is 9.10. The van der Waals surface area contributed by atoms with Crippen LogP contribution in [-0.4, -0.2) is 11.5 Å². The molecule has 0 bridgehead atoms. The minimum Gasteiger partial charge on any atom is -0.370 e. The van der Waals surface area contributed by atoms with Crippen LogP contribution in [0.4, 0.5) is 5.82 Å². The number of nitrogens with zero attached hydrogens (tertiary/aromatic N) is 1. The number of aromatic nitrogens is 1. The van der Waals surface area contributed by atoms with E-state index in [-0.39, 0.29) is 0 Å². The Morgan fingerprint density at radius 2 is 2.06 bits per heavy atom. The van der Waals surface area contributed by atoms with Crippen molar-refractivity contribution in [3.63, 3.8) is 0 Å². The van der Waals surface area contributed by atoms with E-state index in [1.807, 2.05) is 6.07 Å². The Labute approximate surface area is 111 Å². The molecule has 90 valence electrons. The van der Waals surface area contributed by atoms with Gasteiger partial charge in [0.25, 0.3) is 0 Å². The smallest absolute Gasteiger partial charge is 0.129 e. The third-order valence-electron chi connectivity index (χ3n) is 2.78. The van der Waals surface area contributed by atoms with Gasteiger partial charge in [-0.15, -0.1) is 0 Å². The van der Waals surface area contributed by atoms with Gasteiger partial charge in [0.1, 0.15) is 5.82 Å². The number of fused-ring (bicyclic) bond motifs is 1. The summed E-state index contributed by atoms with van der Waals surface area (Å²) < 4.78 is 1.10. The molecule has 0 fully saturated rings. The van der Waals surface area contributed by atoms with Crippen molar-refractivity contribution >= 4 is 32.7 Å². The number of halogens is 1. The maximum Gasteiger partial charge on any atom is 0.129 e. The fourth-order valence-electron chi connectivity index (χ4n) is 1.86. The van der Waals surface area contributed by atoms with Gasteiger partial charge >= 0.3 is 0 Å². The largest absolute Gasteiger partial charge is 0.370 e. The Morgan fingerprint density at radius 1 is 1.24 bits per heavy atom. The molecule has 0 saturated heterocycles. The van der Waals surface area contributed by atoms with Crippen LogP contribution < -0.4 is 5.32 Å². The molecule has 0 spiro atoms. The second-order valence-electron chi connectivity index (χ2n) is 4.11. The zero-order chi connectivity index (χ0) is 12.3. The molecule has 0 unspecified atom stereocenters. The van der Waals surface area contributed by atoms with Crippen LogP contribution in [-0.2, 0) is 6.42 Å². The van der Waals surface area contributed by atoms with Crippen molar-refractivity contribution < 1.29 is 0 Å². The van der Waals surface area contributed by atoms with Crippen molar-refractivity contribution in [2.75, 3.05) is 11.9 Å². The Kier molecular flexibility index (Phi) is 4.00. The topological polar surface area (TPSA) is 24.9 Å². The molecule has 1 aromatic carbocycles. The number of rotatable bonds is 4. The number of anilines is 1. The van der Waals surface area contributed by atoms with Crippen LogP contribution >= 0.6 is 15.9 Å². The Hall–Kier alpha value is -1.09. The normalized spacial score (nSPS) is 10.8. The minimum atomic E-state index is 0.974. The molecule has 1 aromatic heterocycles. The number of hydrogen-bond acceptors (Lipinski definition) is 2. The Balaban J connectivity index is 2.48. The van der Waals surface area contributed by atoms with Crippen LogP contribution in [0.1, 0.15) is 25.8 Å². The first kappa shape index (κ1) is 12.4. The second-order valence-corrected chi connectivity index (χ2v) is 5.03. The molecule has 0 aliphatic rings. The van der Waals surface area contributed by atoms with E-state index in [2.05, 4.69) is 53.3 Å². The first-order valence-electron chi connectivity index (χ1n) is 6.07. The summed E-state index contributed by atoms with van der Waals surface area (Å²) in [5.41, 5.74) is 2.33. The van der Waals surface area contributed by atoms with E-state index < -0.39 is 0 Å². The molecule has 0 atom stereocenters. The van der Waals surface area contributed by atoms with Crippen molar-refractivity contribution in [2.45, 2.75) is 26.7 Å². The predicted octanol–water partition coefficient (Wildman–Crippen LogP) is 4.38. The molecule has 2 aromatic rings. The molecule has 2 rings (SSSR count). The number of aryl methyl sites for hydroxylation is 1. The molecule has 0 aliphatic heterocycles. The Bertz CT molecular complexity index is 523. The van der Waals surface area contributed by atoms with Gasteiger partial charge in [0.05, 0.1) is 5.52 Å². The number of pyridine rings is 1. The van der Waals surface area contributed by atoms with E-state index in [0.717, 1.165) is 35.2 Å². The third-order valence-corrected chi connectivity index (χ3v) is 3.27. The predicted molar refractivity (Wildman–Crippen MR) is 77.6 cm³/mol. The van der Waals surface area contributed by atoms with Gasteiger partial charge in [-0.2, -0.15) is 0 Å². The fourth-order valence-corrected chi connectivity index (χ4v) is 2.24. The molecular formula is C14H17BrN2. The molecule has 3 heteroatoms. The van der Waals surface area contributed by atoms with Crippen molar-refractivity contribution in [2.24, 2.45) is 0 Å². The number of nitrogens with one attached hydrogen (secondary N) is 1. The molecule has 0 saturated carbocycles. The summed E-state index contributed by atoms with van der Waals surface area (Å²) in [6.07, 6.45) is 2.12. The van der Waals surface area contributed by atoms with Gasteiger partial charge in [-0.3, -0.25) is 0 Å². The molecular weight excluding hydrogens is 276 g/mol. The van der Waals surface area contributed by atoms with E-state index >= 15 is 0 Å². The summed E-state index contributed by atoms with van der Waals surface area (Å²) in [6, 6.07) is 8.43. The first-order valence-corrected chi connectivity index (χ1v) is 6.87. The molecule has 1 N–H and O–H groups in total. The summed E-state index contributed by atoms with van der Waals surface area (Å²) in [5, 5.41) is 4.59.